The average molecular weight is 359 g/mol. The van der Waals surface area contributed by atoms with E-state index in [2.05, 4.69) is 0 Å². The van der Waals surface area contributed by atoms with Gasteiger partial charge in [-0.3, -0.25) is 4.79 Å². The zero-order valence-electron chi connectivity index (χ0n) is 13.6. The van der Waals surface area contributed by atoms with Gasteiger partial charge in [0.05, 0.1) is 10.4 Å². The van der Waals surface area contributed by atoms with E-state index in [1.165, 1.54) is 0 Å². The van der Waals surface area contributed by atoms with Gasteiger partial charge in [-0.05, 0) is 49.2 Å². The summed E-state index contributed by atoms with van der Waals surface area (Å²) < 4.78 is 11.2. The van der Waals surface area contributed by atoms with Gasteiger partial charge in [-0.2, -0.15) is 0 Å². The summed E-state index contributed by atoms with van der Waals surface area (Å²) in [5, 5.41) is 9.59. The molecule has 0 aliphatic rings. The lowest BCUT2D eigenvalue weighted by molar-refractivity contribution is -0.139. The minimum absolute atomic E-state index is 0.118. The van der Waals surface area contributed by atoms with Crippen molar-refractivity contribution in [3.05, 3.63) is 62.8 Å². The molecule has 0 radical (unpaired) electrons. The lowest BCUT2D eigenvalue weighted by Gasteiger charge is -2.12. The van der Waals surface area contributed by atoms with Crippen molar-refractivity contribution in [3.63, 3.8) is 0 Å². The quantitative estimate of drug-likeness (QED) is 0.756. The molecule has 0 saturated carbocycles. The molecule has 0 fully saturated rings. The van der Waals surface area contributed by atoms with E-state index in [4.69, 9.17) is 25.9 Å². The maximum Gasteiger partial charge on any atom is 0.341 e. The van der Waals surface area contributed by atoms with E-state index in [1.807, 2.05) is 13.8 Å². The molecule has 0 aliphatic carbocycles. The van der Waals surface area contributed by atoms with Gasteiger partial charge in [0.1, 0.15) is 5.58 Å². The standard InChI is InChI=1S/C19H15ClO5/c1-10-7-13-15(8-11(10)2)25-18(12-5-3-4-6-14(12)20)19(17(13)23)24-9-16(21)22/h3-8H,9H2,1-2H3,(H,21,22). The third kappa shape index (κ3) is 3.23. The number of rotatable bonds is 4. The van der Waals surface area contributed by atoms with Gasteiger partial charge in [-0.15, -0.1) is 0 Å². The van der Waals surface area contributed by atoms with Gasteiger partial charge in [-0.1, -0.05) is 23.7 Å². The Morgan fingerprint density at radius 2 is 1.88 bits per heavy atom. The smallest absolute Gasteiger partial charge is 0.341 e. The Hall–Kier alpha value is -2.79. The summed E-state index contributed by atoms with van der Waals surface area (Å²) in [6.07, 6.45) is 0. The van der Waals surface area contributed by atoms with Crippen molar-refractivity contribution >= 4 is 28.5 Å². The minimum atomic E-state index is -1.19. The first-order valence-corrected chi connectivity index (χ1v) is 7.94. The number of carboxylic acid groups (broad SMARTS) is 1. The van der Waals surface area contributed by atoms with Gasteiger partial charge in [0, 0.05) is 5.56 Å². The molecule has 3 rings (SSSR count). The zero-order chi connectivity index (χ0) is 18.1. The fraction of sp³-hybridized carbons (Fsp3) is 0.158. The van der Waals surface area contributed by atoms with Crippen LogP contribution in [0.5, 0.6) is 5.75 Å². The largest absolute Gasteiger partial charge is 0.479 e. The van der Waals surface area contributed by atoms with Gasteiger partial charge in [0.2, 0.25) is 11.2 Å². The third-order valence-corrected chi connectivity index (χ3v) is 4.25. The first-order valence-electron chi connectivity index (χ1n) is 7.56. The van der Waals surface area contributed by atoms with Gasteiger partial charge in [0.15, 0.2) is 12.4 Å². The summed E-state index contributed by atoms with van der Waals surface area (Å²) in [6.45, 7) is 3.14. The fourth-order valence-electron chi connectivity index (χ4n) is 2.52. The third-order valence-electron chi connectivity index (χ3n) is 3.92. The average Bonchev–Trinajstić information content (AvgIpc) is 2.56. The van der Waals surface area contributed by atoms with Crippen LogP contribution >= 0.6 is 11.6 Å². The summed E-state index contributed by atoms with van der Waals surface area (Å²) in [5.74, 6) is -1.23. The van der Waals surface area contributed by atoms with E-state index in [9.17, 15) is 9.59 Å². The Labute approximate surface area is 148 Å². The Morgan fingerprint density at radius 3 is 2.56 bits per heavy atom. The van der Waals surface area contributed by atoms with E-state index < -0.39 is 18.0 Å². The van der Waals surface area contributed by atoms with Gasteiger partial charge < -0.3 is 14.3 Å². The van der Waals surface area contributed by atoms with E-state index in [1.54, 1.807) is 36.4 Å². The van der Waals surface area contributed by atoms with Crippen LogP contribution in [-0.4, -0.2) is 17.7 Å². The molecule has 0 spiro atoms. The Kier molecular flexibility index (Phi) is 4.51. The Balaban J connectivity index is 2.34. The van der Waals surface area contributed by atoms with Crippen LogP contribution in [0.1, 0.15) is 11.1 Å². The second-order valence-electron chi connectivity index (χ2n) is 5.68. The Bertz CT molecular complexity index is 1040. The maximum atomic E-state index is 12.9. The number of aryl methyl sites for hydroxylation is 2. The molecule has 6 heteroatoms. The molecule has 1 N–H and O–H groups in total. The van der Waals surface area contributed by atoms with Crippen molar-refractivity contribution in [3.8, 4) is 17.1 Å². The van der Waals surface area contributed by atoms with Crippen molar-refractivity contribution in [2.75, 3.05) is 6.61 Å². The lowest BCUT2D eigenvalue weighted by Crippen LogP contribution is -2.16. The minimum Gasteiger partial charge on any atom is -0.479 e. The van der Waals surface area contributed by atoms with Crippen LogP contribution in [0, 0.1) is 13.8 Å². The monoisotopic (exact) mass is 358 g/mol. The molecule has 128 valence electrons. The maximum absolute atomic E-state index is 12.9. The number of hydrogen-bond donors (Lipinski definition) is 1. The highest BCUT2D eigenvalue weighted by Gasteiger charge is 2.20. The summed E-state index contributed by atoms with van der Waals surface area (Å²) in [4.78, 5) is 23.8. The van der Waals surface area contributed by atoms with Crippen LogP contribution in [0.2, 0.25) is 5.02 Å². The molecule has 0 unspecified atom stereocenters. The molecule has 5 nitrogen and oxygen atoms in total. The second kappa shape index (κ2) is 6.61. The second-order valence-corrected chi connectivity index (χ2v) is 6.09. The van der Waals surface area contributed by atoms with Crippen molar-refractivity contribution in [1.29, 1.82) is 0 Å². The molecule has 0 aliphatic heterocycles. The number of carbonyl (C=O) groups is 1. The van der Waals surface area contributed by atoms with Crippen LogP contribution in [0.25, 0.3) is 22.3 Å². The van der Waals surface area contributed by atoms with E-state index in [0.717, 1.165) is 11.1 Å². The number of fused-ring (bicyclic) bond motifs is 1. The number of halogens is 1. The topological polar surface area (TPSA) is 76.7 Å². The molecule has 0 saturated heterocycles. The molecule has 25 heavy (non-hydrogen) atoms. The van der Waals surface area contributed by atoms with E-state index in [0.29, 0.717) is 21.6 Å². The highest BCUT2D eigenvalue weighted by molar-refractivity contribution is 6.33. The molecule has 1 heterocycles. The van der Waals surface area contributed by atoms with Gasteiger partial charge in [-0.25, -0.2) is 4.79 Å². The Morgan fingerprint density at radius 1 is 1.20 bits per heavy atom. The molecular formula is C19H15ClO5. The molecule has 3 aromatic rings. The molecule has 1 aromatic heterocycles. The fourth-order valence-corrected chi connectivity index (χ4v) is 2.74. The summed E-state index contributed by atoms with van der Waals surface area (Å²) in [5.41, 5.74) is 2.32. The van der Waals surface area contributed by atoms with Crippen molar-refractivity contribution in [2.45, 2.75) is 13.8 Å². The predicted octanol–water partition coefficient (Wildman–Crippen LogP) is 4.19. The molecular weight excluding hydrogens is 344 g/mol. The van der Waals surface area contributed by atoms with Crippen molar-refractivity contribution in [2.24, 2.45) is 0 Å². The number of aliphatic carboxylic acids is 1. The summed E-state index contributed by atoms with van der Waals surface area (Å²) >= 11 is 6.22. The number of carboxylic acids is 1. The number of benzene rings is 2. The predicted molar refractivity (Wildman–Crippen MR) is 95.5 cm³/mol. The van der Waals surface area contributed by atoms with Crippen LogP contribution in [-0.2, 0) is 4.79 Å². The molecule has 0 bridgehead atoms. The normalized spacial score (nSPS) is 10.8. The summed E-state index contributed by atoms with van der Waals surface area (Å²) in [7, 11) is 0. The van der Waals surface area contributed by atoms with E-state index >= 15 is 0 Å². The van der Waals surface area contributed by atoms with Crippen LogP contribution < -0.4 is 10.2 Å². The number of ether oxygens (including phenoxy) is 1. The van der Waals surface area contributed by atoms with Gasteiger partial charge in [0.25, 0.3) is 0 Å². The molecule has 2 aromatic carbocycles. The molecule has 0 amide bonds. The van der Waals surface area contributed by atoms with Crippen LogP contribution in [0.3, 0.4) is 0 Å². The summed E-state index contributed by atoms with van der Waals surface area (Å²) in [6, 6.07) is 10.3. The SMILES string of the molecule is Cc1cc2oc(-c3ccccc3Cl)c(OCC(=O)O)c(=O)c2cc1C. The van der Waals surface area contributed by atoms with Crippen LogP contribution in [0.4, 0.5) is 0 Å². The van der Waals surface area contributed by atoms with Crippen LogP contribution in [0.15, 0.2) is 45.6 Å². The number of hydrogen-bond acceptors (Lipinski definition) is 4. The van der Waals surface area contributed by atoms with Gasteiger partial charge >= 0.3 is 5.97 Å². The zero-order valence-corrected chi connectivity index (χ0v) is 14.4. The highest BCUT2D eigenvalue weighted by atomic mass is 35.5. The molecule has 0 atom stereocenters. The first kappa shape index (κ1) is 17.0. The first-order chi connectivity index (χ1) is 11.9. The highest BCUT2D eigenvalue weighted by Crippen LogP contribution is 2.35. The van der Waals surface area contributed by atoms with Crippen molar-refractivity contribution < 1.29 is 19.1 Å². The van der Waals surface area contributed by atoms with E-state index in [-0.39, 0.29) is 11.5 Å². The van der Waals surface area contributed by atoms with Crippen molar-refractivity contribution in [1.82, 2.24) is 0 Å². The lowest BCUT2D eigenvalue weighted by atomic mass is 10.0.